The molecule has 0 bridgehead atoms. The monoisotopic (exact) mass is 158 g/mol. The molecule has 0 aromatic heterocycles. The van der Waals surface area contributed by atoms with Crippen molar-refractivity contribution in [3.8, 4) is 0 Å². The summed E-state index contributed by atoms with van der Waals surface area (Å²) in [7, 11) is 0. The predicted molar refractivity (Wildman–Crippen MR) is 32.1 cm³/mol. The molecule has 0 saturated heterocycles. The molecule has 0 aliphatic carbocycles. The quantitative estimate of drug-likeness (QED) is 0.510. The van der Waals surface area contributed by atoms with E-state index in [0.29, 0.717) is 6.26 Å². The van der Waals surface area contributed by atoms with E-state index >= 15 is 0 Å². The largest absolute Gasteiger partial charge is 0.478 e. The van der Waals surface area contributed by atoms with E-state index in [1.54, 1.807) is 0 Å². The minimum absolute atomic E-state index is 0.0252. The van der Waals surface area contributed by atoms with Gasteiger partial charge in [0.2, 0.25) is 0 Å². The van der Waals surface area contributed by atoms with Gasteiger partial charge < -0.3 is 14.6 Å². The Balaban J connectivity index is 2.66. The molecule has 0 aromatic carbocycles. The Morgan fingerprint density at radius 3 is 2.64 bits per heavy atom. The number of aliphatic hydroxyl groups excluding tert-OH is 1. The summed E-state index contributed by atoms with van der Waals surface area (Å²) in [4.78, 5) is 21.1. The van der Waals surface area contributed by atoms with Gasteiger partial charge in [0.1, 0.15) is 0 Å². The van der Waals surface area contributed by atoms with Crippen LogP contribution in [0, 0.1) is 0 Å². The minimum Gasteiger partial charge on any atom is -0.478 e. The highest BCUT2D eigenvalue weighted by Gasteiger charge is 2.14. The molecule has 0 atom stereocenters. The summed E-state index contributed by atoms with van der Waals surface area (Å²) < 4.78 is 8.56. The van der Waals surface area contributed by atoms with Gasteiger partial charge in [-0.25, -0.2) is 0 Å². The van der Waals surface area contributed by atoms with E-state index in [1.165, 1.54) is 0 Å². The van der Waals surface area contributed by atoms with E-state index in [2.05, 4.69) is 9.47 Å². The maximum atomic E-state index is 10.6. The standard InChI is InChI=1S/C6H6O5/c7-4-1-2-5(8)11-6(9)3-10-4/h3,9H,1-2H2/b6-3-. The topological polar surface area (TPSA) is 72.8 Å². The molecular weight excluding hydrogens is 152 g/mol. The lowest BCUT2D eigenvalue weighted by Gasteiger charge is -2.05. The van der Waals surface area contributed by atoms with Crippen LogP contribution in [0.15, 0.2) is 12.2 Å². The summed E-state index contributed by atoms with van der Waals surface area (Å²) in [6, 6.07) is 0. The summed E-state index contributed by atoms with van der Waals surface area (Å²) in [5, 5.41) is 8.64. The first-order valence-corrected chi connectivity index (χ1v) is 2.98. The molecule has 1 aliphatic heterocycles. The van der Waals surface area contributed by atoms with Crippen LogP contribution in [-0.2, 0) is 19.1 Å². The maximum Gasteiger partial charge on any atom is 0.321 e. The molecule has 0 aromatic rings. The van der Waals surface area contributed by atoms with Crippen molar-refractivity contribution in [2.75, 3.05) is 0 Å². The molecule has 0 unspecified atom stereocenters. The average molecular weight is 158 g/mol. The summed E-state index contributed by atoms with van der Waals surface area (Å²) >= 11 is 0. The average Bonchev–Trinajstić information content (AvgIpc) is 1.95. The molecule has 5 nitrogen and oxygen atoms in total. The first-order valence-electron chi connectivity index (χ1n) is 2.98. The molecule has 0 saturated carbocycles. The van der Waals surface area contributed by atoms with Gasteiger partial charge in [0.25, 0.3) is 0 Å². The molecule has 60 valence electrons. The zero-order valence-corrected chi connectivity index (χ0v) is 5.57. The van der Waals surface area contributed by atoms with Crippen molar-refractivity contribution in [2.24, 2.45) is 0 Å². The van der Waals surface area contributed by atoms with Gasteiger partial charge in [-0.3, -0.25) is 9.59 Å². The van der Waals surface area contributed by atoms with Gasteiger partial charge >= 0.3 is 17.9 Å². The Morgan fingerprint density at radius 1 is 1.27 bits per heavy atom. The molecule has 5 heteroatoms. The third kappa shape index (κ3) is 2.29. The predicted octanol–water partition coefficient (Wildman–Crippen LogP) is 0.223. The van der Waals surface area contributed by atoms with Crippen LogP contribution in [0.3, 0.4) is 0 Å². The van der Waals surface area contributed by atoms with E-state index in [1.807, 2.05) is 0 Å². The van der Waals surface area contributed by atoms with Crippen molar-refractivity contribution >= 4 is 11.9 Å². The Bertz CT molecular complexity index is 217. The molecule has 1 N–H and O–H groups in total. The van der Waals surface area contributed by atoms with Gasteiger partial charge in [0, 0.05) is 0 Å². The van der Waals surface area contributed by atoms with E-state index in [9.17, 15) is 9.59 Å². The number of hydrogen-bond donors (Lipinski definition) is 1. The Morgan fingerprint density at radius 2 is 1.91 bits per heavy atom. The van der Waals surface area contributed by atoms with Crippen LogP contribution >= 0.6 is 0 Å². The Labute approximate surface area is 62.2 Å². The summed E-state index contributed by atoms with van der Waals surface area (Å²) in [5.74, 6) is -1.90. The minimum atomic E-state index is -0.692. The fourth-order valence-electron chi connectivity index (χ4n) is 0.571. The first kappa shape index (κ1) is 7.59. The van der Waals surface area contributed by atoms with Gasteiger partial charge in [-0.1, -0.05) is 0 Å². The number of ether oxygens (including phenoxy) is 2. The Kier molecular flexibility index (Phi) is 2.10. The van der Waals surface area contributed by atoms with Crippen molar-refractivity contribution < 1.29 is 24.2 Å². The first-order chi connectivity index (χ1) is 5.18. The summed E-state index contributed by atoms with van der Waals surface area (Å²) in [5.41, 5.74) is 0. The van der Waals surface area contributed by atoms with Crippen LogP contribution in [0.25, 0.3) is 0 Å². The van der Waals surface area contributed by atoms with Crippen molar-refractivity contribution in [3.63, 3.8) is 0 Å². The van der Waals surface area contributed by atoms with Crippen LogP contribution in [0.1, 0.15) is 12.8 Å². The fraction of sp³-hybridized carbons (Fsp3) is 0.333. The second-order valence-electron chi connectivity index (χ2n) is 1.92. The number of hydrogen-bond acceptors (Lipinski definition) is 5. The van der Waals surface area contributed by atoms with Crippen LogP contribution in [0.5, 0.6) is 0 Å². The van der Waals surface area contributed by atoms with Gasteiger partial charge in [0.05, 0.1) is 12.8 Å². The Hall–Kier alpha value is -1.52. The highest BCUT2D eigenvalue weighted by Crippen LogP contribution is 2.04. The van der Waals surface area contributed by atoms with Gasteiger partial charge in [-0.05, 0) is 0 Å². The van der Waals surface area contributed by atoms with Crippen LogP contribution in [0.4, 0.5) is 0 Å². The molecule has 1 heterocycles. The van der Waals surface area contributed by atoms with E-state index in [4.69, 9.17) is 5.11 Å². The molecule has 1 aliphatic rings. The van der Waals surface area contributed by atoms with Gasteiger partial charge in [0.15, 0.2) is 6.26 Å². The zero-order valence-electron chi connectivity index (χ0n) is 5.57. The number of esters is 2. The lowest BCUT2D eigenvalue weighted by atomic mass is 10.3. The lowest BCUT2D eigenvalue weighted by Crippen LogP contribution is -2.12. The second-order valence-corrected chi connectivity index (χ2v) is 1.92. The molecule has 0 fully saturated rings. The molecule has 1 rings (SSSR count). The number of cyclic esters (lactones) is 2. The number of rotatable bonds is 0. The highest BCUT2D eigenvalue weighted by atomic mass is 16.6. The molecule has 0 amide bonds. The lowest BCUT2D eigenvalue weighted by molar-refractivity contribution is -0.151. The second kappa shape index (κ2) is 3.05. The van der Waals surface area contributed by atoms with E-state index < -0.39 is 17.9 Å². The normalized spacial score (nSPS) is 23.8. The van der Waals surface area contributed by atoms with Crippen LogP contribution < -0.4 is 0 Å². The molecular formula is C6H6O5. The molecule has 11 heavy (non-hydrogen) atoms. The number of carbonyl (C=O) groups excluding carboxylic acids is 2. The summed E-state index contributed by atoms with van der Waals surface area (Å²) in [6.07, 6.45) is 0.596. The van der Waals surface area contributed by atoms with Crippen LogP contribution in [-0.4, -0.2) is 17.0 Å². The van der Waals surface area contributed by atoms with E-state index in [-0.39, 0.29) is 12.8 Å². The number of carbonyl (C=O) groups is 2. The molecule has 0 spiro atoms. The third-order valence-corrected chi connectivity index (χ3v) is 1.04. The van der Waals surface area contributed by atoms with Crippen molar-refractivity contribution in [3.05, 3.63) is 12.2 Å². The maximum absolute atomic E-state index is 10.6. The van der Waals surface area contributed by atoms with Gasteiger partial charge in [-0.2, -0.15) is 0 Å². The SMILES string of the molecule is O=C1CCC(=O)O/C(O)=C\O1. The van der Waals surface area contributed by atoms with Crippen molar-refractivity contribution in [1.29, 1.82) is 0 Å². The van der Waals surface area contributed by atoms with Crippen molar-refractivity contribution in [1.82, 2.24) is 0 Å². The van der Waals surface area contributed by atoms with Gasteiger partial charge in [-0.15, -0.1) is 0 Å². The molecule has 0 radical (unpaired) electrons. The third-order valence-electron chi connectivity index (χ3n) is 1.04. The zero-order chi connectivity index (χ0) is 8.27. The smallest absolute Gasteiger partial charge is 0.321 e. The highest BCUT2D eigenvalue weighted by molar-refractivity contribution is 5.79. The van der Waals surface area contributed by atoms with Crippen molar-refractivity contribution in [2.45, 2.75) is 12.8 Å². The number of aliphatic hydroxyl groups is 1. The summed E-state index contributed by atoms with van der Waals surface area (Å²) in [6.45, 7) is 0. The van der Waals surface area contributed by atoms with Crippen LogP contribution in [0.2, 0.25) is 0 Å². The van der Waals surface area contributed by atoms with E-state index in [0.717, 1.165) is 0 Å². The fourth-order valence-corrected chi connectivity index (χ4v) is 0.571.